The van der Waals surface area contributed by atoms with E-state index in [1.165, 1.54) is 18.2 Å². The van der Waals surface area contributed by atoms with Crippen LogP contribution >= 0.6 is 0 Å². The molecular formula is C23H29BF2N2O4. The Balaban J connectivity index is 1.51. The highest BCUT2D eigenvalue weighted by Gasteiger charge is 2.48. The number of aliphatic carboxylic acids is 1. The third kappa shape index (κ3) is 5.72. The minimum absolute atomic E-state index is 0.0795. The van der Waals surface area contributed by atoms with Crippen LogP contribution in [0.4, 0.5) is 8.78 Å². The van der Waals surface area contributed by atoms with Gasteiger partial charge in [0.25, 0.3) is 0 Å². The van der Waals surface area contributed by atoms with Crippen molar-refractivity contribution in [3.63, 3.8) is 0 Å². The van der Waals surface area contributed by atoms with E-state index in [4.69, 9.17) is 15.8 Å². The highest BCUT2D eigenvalue weighted by Crippen LogP contribution is 2.38. The maximum Gasteiger partial charge on any atom is 0.451 e. The van der Waals surface area contributed by atoms with E-state index >= 15 is 0 Å². The number of hydrogen-bond acceptors (Lipinski definition) is 5. The lowest BCUT2D eigenvalue weighted by atomic mass is 9.66. The zero-order valence-electron chi connectivity index (χ0n) is 17.8. The molecule has 1 atom stereocenters. The Morgan fingerprint density at radius 3 is 2.41 bits per heavy atom. The Morgan fingerprint density at radius 1 is 1.09 bits per heavy atom. The van der Waals surface area contributed by atoms with Crippen molar-refractivity contribution in [2.45, 2.75) is 56.5 Å². The molecule has 0 spiro atoms. The van der Waals surface area contributed by atoms with Gasteiger partial charge in [-0.05, 0) is 49.2 Å². The lowest BCUT2D eigenvalue weighted by Crippen LogP contribution is -2.61. The molecule has 1 saturated carbocycles. The summed E-state index contributed by atoms with van der Waals surface area (Å²) in [6.45, 7) is 0.408. The fourth-order valence-electron chi connectivity index (χ4n) is 4.26. The van der Waals surface area contributed by atoms with E-state index in [-0.39, 0.29) is 35.8 Å². The van der Waals surface area contributed by atoms with Gasteiger partial charge in [0.15, 0.2) is 0 Å². The minimum atomic E-state index is -1.39. The minimum Gasteiger partial charge on any atom is -0.480 e. The predicted octanol–water partition coefficient (Wildman–Crippen LogP) is 2.93. The monoisotopic (exact) mass is 446 g/mol. The summed E-state index contributed by atoms with van der Waals surface area (Å²) in [7, 11) is -1.39. The molecule has 32 heavy (non-hydrogen) atoms. The molecule has 6 nitrogen and oxygen atoms in total. The summed E-state index contributed by atoms with van der Waals surface area (Å²) in [6, 6.07) is 10.8. The Kier molecular flexibility index (Phi) is 8.00. The first-order valence-corrected chi connectivity index (χ1v) is 10.9. The summed E-state index contributed by atoms with van der Waals surface area (Å²) in [6.07, 6.45) is 2.66. The van der Waals surface area contributed by atoms with E-state index in [0.29, 0.717) is 37.8 Å². The average molecular weight is 446 g/mol. The molecule has 172 valence electrons. The summed E-state index contributed by atoms with van der Waals surface area (Å²) >= 11 is 0. The topological polar surface area (TPSA) is 116 Å². The molecule has 1 aliphatic carbocycles. The fourth-order valence-corrected chi connectivity index (χ4v) is 4.26. The Hall–Kier alpha value is -2.33. The second-order valence-electron chi connectivity index (χ2n) is 8.61. The van der Waals surface area contributed by atoms with E-state index in [9.17, 15) is 18.7 Å². The first-order valence-electron chi connectivity index (χ1n) is 10.9. The summed E-state index contributed by atoms with van der Waals surface area (Å²) < 4.78 is 28.5. The molecule has 1 fully saturated rings. The molecule has 0 bridgehead atoms. The second-order valence-corrected chi connectivity index (χ2v) is 8.61. The number of benzene rings is 2. The van der Waals surface area contributed by atoms with Crippen LogP contribution in [0, 0.1) is 17.6 Å². The molecule has 2 aromatic rings. The number of carboxylic acids is 1. The van der Waals surface area contributed by atoms with Gasteiger partial charge < -0.3 is 26.2 Å². The molecule has 0 unspecified atom stereocenters. The Bertz CT molecular complexity index is 940. The third-order valence-electron chi connectivity index (χ3n) is 6.36. The van der Waals surface area contributed by atoms with Gasteiger partial charge in [-0.1, -0.05) is 43.2 Å². The molecular weight excluding hydrogens is 417 g/mol. The normalized spacial score (nSPS) is 19.8. The molecule has 0 amide bonds. The van der Waals surface area contributed by atoms with Crippen LogP contribution in [0.1, 0.15) is 37.7 Å². The smallest absolute Gasteiger partial charge is 0.451 e. The Labute approximate surface area is 186 Å². The van der Waals surface area contributed by atoms with Crippen molar-refractivity contribution < 1.29 is 28.7 Å². The summed E-state index contributed by atoms with van der Waals surface area (Å²) in [5.41, 5.74) is 6.00. The lowest BCUT2D eigenvalue weighted by molar-refractivity contribution is -0.148. The van der Waals surface area contributed by atoms with E-state index in [0.717, 1.165) is 0 Å². The molecule has 3 rings (SSSR count). The van der Waals surface area contributed by atoms with Gasteiger partial charge >= 0.3 is 13.1 Å². The van der Waals surface area contributed by atoms with E-state index in [2.05, 4.69) is 5.32 Å². The second kappa shape index (κ2) is 10.5. The molecule has 2 aromatic carbocycles. The third-order valence-corrected chi connectivity index (χ3v) is 6.36. The number of nitrogens with one attached hydrogen (secondary N) is 1. The van der Waals surface area contributed by atoms with Crippen LogP contribution in [0.2, 0.25) is 6.32 Å². The quantitative estimate of drug-likeness (QED) is 0.268. The van der Waals surface area contributed by atoms with Gasteiger partial charge in [-0.3, -0.25) is 4.79 Å². The molecule has 0 saturated heterocycles. The Morgan fingerprint density at radius 2 is 1.78 bits per heavy atom. The molecule has 1 aliphatic rings. The maximum absolute atomic E-state index is 14.5. The van der Waals surface area contributed by atoms with Crippen LogP contribution in [-0.4, -0.2) is 39.8 Å². The van der Waals surface area contributed by atoms with Crippen molar-refractivity contribution in [1.82, 2.24) is 5.32 Å². The fraction of sp³-hybridized carbons (Fsp3) is 0.435. The molecule has 0 aliphatic heterocycles. The standard InChI is InChI=1S/C23H29BF2N2O4/c25-20-6-2-1-5-18(20)19-8-7-15(11-21(19)26)14-28-17-12-16(13-17)23(27,22(29)30)9-3-4-10-24(31)32/h1-2,5-8,11,16-17,28,31-32H,3-4,9-10,12-14,27H2,(H,29,30)/t16?,17?,23-/m0/s1. The summed E-state index contributed by atoms with van der Waals surface area (Å²) in [4.78, 5) is 11.8. The van der Waals surface area contributed by atoms with Crippen LogP contribution in [0.5, 0.6) is 0 Å². The number of nitrogens with two attached hydrogens (primary N) is 1. The van der Waals surface area contributed by atoms with Crippen molar-refractivity contribution in [2.75, 3.05) is 0 Å². The van der Waals surface area contributed by atoms with Crippen LogP contribution in [0.3, 0.4) is 0 Å². The highest BCUT2D eigenvalue weighted by atomic mass is 19.1. The molecule has 0 heterocycles. The van der Waals surface area contributed by atoms with Gasteiger partial charge in [-0.2, -0.15) is 0 Å². The van der Waals surface area contributed by atoms with E-state index < -0.39 is 30.3 Å². The predicted molar refractivity (Wildman–Crippen MR) is 119 cm³/mol. The van der Waals surface area contributed by atoms with Crippen molar-refractivity contribution >= 4 is 13.1 Å². The van der Waals surface area contributed by atoms with Crippen molar-refractivity contribution in [1.29, 1.82) is 0 Å². The number of unbranched alkanes of at least 4 members (excludes halogenated alkanes) is 1. The van der Waals surface area contributed by atoms with Gasteiger partial charge in [0.1, 0.15) is 17.2 Å². The summed E-state index contributed by atoms with van der Waals surface area (Å²) in [5, 5.41) is 30.7. The van der Waals surface area contributed by atoms with E-state index in [1.807, 2.05) is 0 Å². The van der Waals surface area contributed by atoms with Crippen LogP contribution in [-0.2, 0) is 11.3 Å². The summed E-state index contributed by atoms with van der Waals surface area (Å²) in [5.74, 6) is -2.21. The van der Waals surface area contributed by atoms with Gasteiger partial charge in [0, 0.05) is 23.7 Å². The van der Waals surface area contributed by atoms with Gasteiger partial charge in [-0.15, -0.1) is 0 Å². The molecule has 0 radical (unpaired) electrons. The first kappa shape index (κ1) is 24.3. The molecule has 9 heteroatoms. The lowest BCUT2D eigenvalue weighted by Gasteiger charge is -2.45. The van der Waals surface area contributed by atoms with Crippen LogP contribution in [0.15, 0.2) is 42.5 Å². The first-order chi connectivity index (χ1) is 15.2. The van der Waals surface area contributed by atoms with Crippen molar-refractivity contribution in [3.8, 4) is 11.1 Å². The maximum atomic E-state index is 14.5. The number of hydrogen-bond donors (Lipinski definition) is 5. The van der Waals surface area contributed by atoms with Crippen molar-refractivity contribution in [2.24, 2.45) is 11.7 Å². The van der Waals surface area contributed by atoms with Gasteiger partial charge in [0.2, 0.25) is 0 Å². The number of halogens is 2. The number of carbonyl (C=O) groups is 1. The average Bonchev–Trinajstić information content (AvgIpc) is 2.70. The van der Waals surface area contributed by atoms with Crippen LogP contribution in [0.25, 0.3) is 11.1 Å². The van der Waals surface area contributed by atoms with Gasteiger partial charge in [-0.25, -0.2) is 8.78 Å². The van der Waals surface area contributed by atoms with Crippen molar-refractivity contribution in [3.05, 3.63) is 59.7 Å². The molecule has 6 N–H and O–H groups in total. The van der Waals surface area contributed by atoms with Crippen LogP contribution < -0.4 is 11.1 Å². The molecule has 0 aromatic heterocycles. The largest absolute Gasteiger partial charge is 0.480 e. The zero-order valence-corrected chi connectivity index (χ0v) is 17.8. The zero-order chi connectivity index (χ0) is 23.3. The highest BCUT2D eigenvalue weighted by molar-refractivity contribution is 6.40. The number of carboxylic acid groups (broad SMARTS) is 1. The SMILES string of the molecule is N[C@](CCCCB(O)O)(C(=O)O)C1CC(NCc2ccc(-c3ccccc3F)c(F)c2)C1. The van der Waals surface area contributed by atoms with Gasteiger partial charge in [0.05, 0.1) is 0 Å². The number of rotatable bonds is 11. The van der Waals surface area contributed by atoms with E-state index in [1.54, 1.807) is 24.3 Å².